The van der Waals surface area contributed by atoms with E-state index >= 15 is 0 Å². The van der Waals surface area contributed by atoms with Gasteiger partial charge in [0.1, 0.15) is 18.9 Å². The van der Waals surface area contributed by atoms with E-state index in [-0.39, 0.29) is 43.6 Å². The summed E-state index contributed by atoms with van der Waals surface area (Å²) in [5, 5.41) is 9.49. The third-order valence-corrected chi connectivity index (χ3v) is 9.03. The van der Waals surface area contributed by atoms with E-state index in [1.54, 1.807) is 14.2 Å². The van der Waals surface area contributed by atoms with Gasteiger partial charge in [-0.25, -0.2) is 4.79 Å². The maximum atomic E-state index is 12.2. The molecule has 0 radical (unpaired) electrons. The molecule has 1 atom stereocenters. The Balaban J connectivity index is 1.31. The molecule has 3 amide bonds. The van der Waals surface area contributed by atoms with Crippen molar-refractivity contribution in [2.24, 2.45) is 11.8 Å². The first-order chi connectivity index (χ1) is 20.8. The Morgan fingerprint density at radius 1 is 1.12 bits per heavy atom. The number of carboxylic acids is 1. The average molecular weight is 594 g/mol. The summed E-state index contributed by atoms with van der Waals surface area (Å²) in [6.45, 7) is 4.96. The van der Waals surface area contributed by atoms with E-state index in [2.05, 4.69) is 30.0 Å². The van der Waals surface area contributed by atoms with Crippen molar-refractivity contribution in [1.82, 2.24) is 14.7 Å². The van der Waals surface area contributed by atoms with Gasteiger partial charge in [-0.3, -0.25) is 19.4 Å². The number of imide groups is 1. The number of amides is 3. The van der Waals surface area contributed by atoms with Gasteiger partial charge in [-0.2, -0.15) is 0 Å². The molecular formula is C33H43N3O7. The van der Waals surface area contributed by atoms with Crippen LogP contribution in [0.25, 0.3) is 0 Å². The van der Waals surface area contributed by atoms with Crippen LogP contribution >= 0.6 is 0 Å². The molecule has 1 aliphatic carbocycles. The molecule has 10 heteroatoms. The summed E-state index contributed by atoms with van der Waals surface area (Å²) < 4.78 is 17.4. The molecule has 1 saturated heterocycles. The van der Waals surface area contributed by atoms with Gasteiger partial charge >= 0.3 is 12.0 Å². The molecule has 232 valence electrons. The number of urea groups is 1. The highest BCUT2D eigenvalue weighted by Gasteiger charge is 2.33. The molecule has 5 rings (SSSR count). The fourth-order valence-electron chi connectivity index (χ4n) is 6.64. The molecular weight excluding hydrogens is 550 g/mol. The lowest BCUT2D eigenvalue weighted by atomic mass is 9.81. The molecule has 0 aromatic heterocycles. The highest BCUT2D eigenvalue weighted by atomic mass is 16.5. The molecule has 1 unspecified atom stereocenters. The number of methoxy groups -OCH3 is 1. The SMILES string of the molecule is CCC(c1ccc2c(c1)CCO2)N(Cc1ccc(OCCN2C(=O)CN(C)C2=O)c(OC)c1)CC1CCC(C(=O)O)CC1. The number of benzene rings is 2. The molecule has 2 fully saturated rings. The van der Waals surface area contributed by atoms with Crippen LogP contribution in [0.1, 0.15) is 61.8 Å². The van der Waals surface area contributed by atoms with E-state index in [0.29, 0.717) is 24.0 Å². The maximum absolute atomic E-state index is 12.2. The zero-order chi connectivity index (χ0) is 30.5. The molecule has 1 N–H and O–H groups in total. The number of fused-ring (bicyclic) bond motifs is 1. The molecule has 0 spiro atoms. The number of hydrogen-bond donors (Lipinski definition) is 1. The summed E-state index contributed by atoms with van der Waals surface area (Å²) in [6, 6.07) is 12.4. The van der Waals surface area contributed by atoms with Gasteiger partial charge in [0, 0.05) is 32.6 Å². The third kappa shape index (κ3) is 7.06. The van der Waals surface area contributed by atoms with Crippen LogP contribution in [0.4, 0.5) is 4.79 Å². The van der Waals surface area contributed by atoms with Crippen LogP contribution in [0.5, 0.6) is 17.2 Å². The van der Waals surface area contributed by atoms with Gasteiger partial charge in [-0.05, 0) is 72.9 Å². The van der Waals surface area contributed by atoms with Gasteiger partial charge in [0.25, 0.3) is 0 Å². The van der Waals surface area contributed by atoms with Crippen molar-refractivity contribution >= 4 is 17.9 Å². The molecule has 2 heterocycles. The van der Waals surface area contributed by atoms with Gasteiger partial charge in [0.05, 0.1) is 26.2 Å². The highest BCUT2D eigenvalue weighted by Crippen LogP contribution is 2.37. The number of likely N-dealkylation sites (N-methyl/N-ethyl adjacent to an activating group) is 1. The number of rotatable bonds is 13. The van der Waals surface area contributed by atoms with Gasteiger partial charge in [-0.15, -0.1) is 0 Å². The van der Waals surface area contributed by atoms with Crippen LogP contribution in [0.2, 0.25) is 0 Å². The van der Waals surface area contributed by atoms with Gasteiger partial charge in [0.15, 0.2) is 11.5 Å². The quantitative estimate of drug-likeness (QED) is 0.332. The molecule has 1 saturated carbocycles. The molecule has 43 heavy (non-hydrogen) atoms. The average Bonchev–Trinajstić information content (AvgIpc) is 3.57. The lowest BCUT2D eigenvalue weighted by molar-refractivity contribution is -0.143. The molecule has 2 aromatic carbocycles. The van der Waals surface area contributed by atoms with Crippen LogP contribution in [0, 0.1) is 11.8 Å². The Hall–Kier alpha value is -3.79. The lowest BCUT2D eigenvalue weighted by Gasteiger charge is -2.37. The summed E-state index contributed by atoms with van der Waals surface area (Å²) in [6.07, 6.45) is 5.14. The number of carbonyl (C=O) groups excluding carboxylic acids is 2. The predicted molar refractivity (Wildman–Crippen MR) is 160 cm³/mol. The van der Waals surface area contributed by atoms with Crippen LogP contribution in [-0.2, 0) is 22.6 Å². The first-order valence-electron chi connectivity index (χ1n) is 15.3. The summed E-state index contributed by atoms with van der Waals surface area (Å²) in [5.41, 5.74) is 3.61. The van der Waals surface area contributed by atoms with Gasteiger partial charge in [-0.1, -0.05) is 25.1 Å². The number of ether oxygens (including phenoxy) is 3. The van der Waals surface area contributed by atoms with Crippen molar-refractivity contribution in [1.29, 1.82) is 0 Å². The number of hydrogen-bond acceptors (Lipinski definition) is 7. The summed E-state index contributed by atoms with van der Waals surface area (Å²) in [4.78, 5) is 40.9. The van der Waals surface area contributed by atoms with Crippen molar-refractivity contribution in [2.45, 2.75) is 58.0 Å². The first kappa shape index (κ1) is 30.7. The number of nitrogens with zero attached hydrogens (tertiary/aromatic N) is 3. The van der Waals surface area contributed by atoms with E-state index in [0.717, 1.165) is 63.0 Å². The molecule has 3 aliphatic rings. The minimum atomic E-state index is -0.678. The van der Waals surface area contributed by atoms with Crippen LogP contribution < -0.4 is 14.2 Å². The minimum Gasteiger partial charge on any atom is -0.493 e. The monoisotopic (exact) mass is 593 g/mol. The Bertz CT molecular complexity index is 1320. The smallest absolute Gasteiger partial charge is 0.327 e. The standard InChI is InChI=1S/C33H43N3O7/c1-4-27(25-10-12-28-26(18-25)13-15-42-28)35(19-22-5-8-24(9-6-22)32(38)39)20-23-7-11-29(30(17-23)41-3)43-16-14-36-31(37)21-34(2)33(36)40/h7,10-12,17-18,22,24,27H,4-6,8-9,13-16,19-21H2,1-3H3,(H,38,39). The number of carbonyl (C=O) groups is 3. The molecule has 0 bridgehead atoms. The van der Waals surface area contributed by atoms with E-state index in [1.165, 1.54) is 20.9 Å². The van der Waals surface area contributed by atoms with E-state index in [9.17, 15) is 19.5 Å². The number of aliphatic carboxylic acids is 1. The van der Waals surface area contributed by atoms with E-state index in [4.69, 9.17) is 14.2 Å². The van der Waals surface area contributed by atoms with Gasteiger partial charge in [0.2, 0.25) is 5.91 Å². The highest BCUT2D eigenvalue weighted by molar-refractivity contribution is 6.01. The van der Waals surface area contributed by atoms with Crippen LogP contribution in [0.3, 0.4) is 0 Å². The van der Waals surface area contributed by atoms with E-state index in [1.807, 2.05) is 18.2 Å². The largest absolute Gasteiger partial charge is 0.493 e. The second-order valence-corrected chi connectivity index (χ2v) is 11.9. The predicted octanol–water partition coefficient (Wildman–Crippen LogP) is 4.75. The fourth-order valence-corrected chi connectivity index (χ4v) is 6.64. The Morgan fingerprint density at radius 2 is 1.91 bits per heavy atom. The second-order valence-electron chi connectivity index (χ2n) is 11.9. The minimum absolute atomic E-state index is 0.0896. The normalized spacial score (nSPS) is 20.7. The van der Waals surface area contributed by atoms with Crippen molar-refractivity contribution in [2.75, 3.05) is 47.0 Å². The zero-order valence-electron chi connectivity index (χ0n) is 25.4. The van der Waals surface area contributed by atoms with Gasteiger partial charge < -0.3 is 24.2 Å². The third-order valence-electron chi connectivity index (χ3n) is 9.03. The summed E-state index contributed by atoms with van der Waals surface area (Å²) >= 11 is 0. The van der Waals surface area contributed by atoms with Crippen molar-refractivity contribution in [3.05, 3.63) is 53.1 Å². The lowest BCUT2D eigenvalue weighted by Crippen LogP contribution is -2.35. The Morgan fingerprint density at radius 3 is 2.58 bits per heavy atom. The van der Waals surface area contributed by atoms with Crippen molar-refractivity contribution < 1.29 is 33.7 Å². The fraction of sp³-hybridized carbons (Fsp3) is 0.545. The Labute approximate surface area is 253 Å². The summed E-state index contributed by atoms with van der Waals surface area (Å²) in [5.74, 6) is 1.42. The van der Waals surface area contributed by atoms with E-state index < -0.39 is 5.97 Å². The van der Waals surface area contributed by atoms with Crippen LogP contribution in [0.15, 0.2) is 36.4 Å². The topological polar surface area (TPSA) is 109 Å². The van der Waals surface area contributed by atoms with Crippen molar-refractivity contribution in [3.63, 3.8) is 0 Å². The summed E-state index contributed by atoms with van der Waals surface area (Å²) in [7, 11) is 3.21. The van der Waals surface area contributed by atoms with Crippen LogP contribution in [-0.4, -0.2) is 84.7 Å². The molecule has 2 aromatic rings. The second kappa shape index (κ2) is 13.7. The zero-order valence-corrected chi connectivity index (χ0v) is 25.4. The molecule has 2 aliphatic heterocycles. The van der Waals surface area contributed by atoms with Crippen molar-refractivity contribution in [3.8, 4) is 17.2 Å². The maximum Gasteiger partial charge on any atom is 0.327 e. The Kier molecular flexibility index (Phi) is 9.75. The first-order valence-corrected chi connectivity index (χ1v) is 15.3. The molecule has 10 nitrogen and oxygen atoms in total. The number of carboxylic acid groups (broad SMARTS) is 1.